The summed E-state index contributed by atoms with van der Waals surface area (Å²) in [6.45, 7) is 4.38. The Kier molecular flexibility index (Phi) is 9.62. The molecule has 0 heterocycles. The number of carbonyl (C=O) groups excluding carboxylic acids is 1. The Balaban J connectivity index is 1.82. The third-order valence-electron chi connectivity index (χ3n) is 5.02. The summed E-state index contributed by atoms with van der Waals surface area (Å²) in [5.41, 5.74) is 2.38. The molecule has 0 unspecified atom stereocenters. The second kappa shape index (κ2) is 12.6. The summed E-state index contributed by atoms with van der Waals surface area (Å²) in [6, 6.07) is 20.1. The predicted octanol–water partition coefficient (Wildman–Crippen LogP) is 7.52. The normalized spacial score (nSPS) is 11.9. The number of amides is 1. The summed E-state index contributed by atoms with van der Waals surface area (Å²) in [7, 11) is 0. The van der Waals surface area contributed by atoms with Crippen molar-refractivity contribution in [1.82, 2.24) is 5.32 Å². The number of carbonyl (C=O) groups is 1. The largest absolute Gasteiger partial charge is 0.490 e. The standard InChI is InChI=1S/C27H23BrCl2N2O3/c1-3-34-25-14-19(11-21(15-31)27(33)32-17(2)20-7-5-4-6-8-20)12-22(28)26(25)35-16-18-9-10-23(29)24(30)13-18/h4-14,17H,3,16H2,1-2H3,(H,32,33)/b21-11-/t17-/m0/s1. The van der Waals surface area contributed by atoms with Crippen molar-refractivity contribution in [2.24, 2.45) is 0 Å². The summed E-state index contributed by atoms with van der Waals surface area (Å²) < 4.78 is 12.4. The van der Waals surface area contributed by atoms with Gasteiger partial charge in [0.05, 0.1) is 27.2 Å². The Morgan fingerprint density at radius 2 is 1.86 bits per heavy atom. The van der Waals surface area contributed by atoms with Gasteiger partial charge < -0.3 is 14.8 Å². The van der Waals surface area contributed by atoms with Crippen molar-refractivity contribution >= 4 is 51.1 Å². The van der Waals surface area contributed by atoms with Crippen molar-refractivity contribution in [3.63, 3.8) is 0 Å². The molecule has 0 saturated heterocycles. The van der Waals surface area contributed by atoms with Gasteiger partial charge >= 0.3 is 0 Å². The monoisotopic (exact) mass is 572 g/mol. The maximum atomic E-state index is 12.7. The molecule has 1 N–H and O–H groups in total. The van der Waals surface area contributed by atoms with E-state index in [4.69, 9.17) is 32.7 Å². The summed E-state index contributed by atoms with van der Waals surface area (Å²) >= 11 is 15.6. The summed E-state index contributed by atoms with van der Waals surface area (Å²) in [6.07, 6.45) is 1.52. The van der Waals surface area contributed by atoms with Crippen molar-refractivity contribution in [2.45, 2.75) is 26.5 Å². The van der Waals surface area contributed by atoms with Gasteiger partial charge in [0.15, 0.2) is 11.5 Å². The molecule has 3 aromatic rings. The van der Waals surface area contributed by atoms with Crippen LogP contribution in [0.4, 0.5) is 0 Å². The fourth-order valence-electron chi connectivity index (χ4n) is 3.27. The van der Waals surface area contributed by atoms with Gasteiger partial charge in [-0.1, -0.05) is 59.6 Å². The Morgan fingerprint density at radius 3 is 2.51 bits per heavy atom. The Bertz CT molecular complexity index is 1270. The molecule has 0 aliphatic heterocycles. The SMILES string of the molecule is CCOc1cc(/C=C(/C#N)C(=O)N[C@@H](C)c2ccccc2)cc(Br)c1OCc1ccc(Cl)c(Cl)c1. The third-order valence-corrected chi connectivity index (χ3v) is 6.35. The molecule has 3 rings (SSSR count). The van der Waals surface area contributed by atoms with E-state index in [9.17, 15) is 10.1 Å². The highest BCUT2D eigenvalue weighted by Crippen LogP contribution is 2.38. The van der Waals surface area contributed by atoms with E-state index in [2.05, 4.69) is 21.2 Å². The Labute approximate surface area is 223 Å². The average Bonchev–Trinajstić information content (AvgIpc) is 2.84. The lowest BCUT2D eigenvalue weighted by atomic mass is 10.1. The smallest absolute Gasteiger partial charge is 0.262 e. The second-order valence-corrected chi connectivity index (χ2v) is 9.24. The molecule has 0 radical (unpaired) electrons. The van der Waals surface area contributed by atoms with Crippen LogP contribution in [0.15, 0.2) is 70.7 Å². The van der Waals surface area contributed by atoms with Gasteiger partial charge in [0.25, 0.3) is 5.91 Å². The van der Waals surface area contributed by atoms with E-state index in [0.717, 1.165) is 11.1 Å². The molecular formula is C27H23BrCl2N2O3. The summed E-state index contributed by atoms with van der Waals surface area (Å²) in [5, 5.41) is 13.4. The molecule has 5 nitrogen and oxygen atoms in total. The van der Waals surface area contributed by atoms with Crippen molar-refractivity contribution in [3.8, 4) is 17.6 Å². The van der Waals surface area contributed by atoms with Crippen LogP contribution in [0, 0.1) is 11.3 Å². The van der Waals surface area contributed by atoms with Crippen LogP contribution in [0.25, 0.3) is 6.08 Å². The van der Waals surface area contributed by atoms with Crippen LogP contribution in [0.2, 0.25) is 10.0 Å². The van der Waals surface area contributed by atoms with E-state index in [1.165, 1.54) is 6.08 Å². The number of benzene rings is 3. The lowest BCUT2D eigenvalue weighted by Gasteiger charge is -2.16. The van der Waals surface area contributed by atoms with E-state index >= 15 is 0 Å². The van der Waals surface area contributed by atoms with Crippen molar-refractivity contribution in [3.05, 3.63) is 97.4 Å². The maximum Gasteiger partial charge on any atom is 0.262 e. The molecule has 8 heteroatoms. The van der Waals surface area contributed by atoms with Crippen LogP contribution < -0.4 is 14.8 Å². The van der Waals surface area contributed by atoms with Crippen LogP contribution in [0.5, 0.6) is 11.5 Å². The molecule has 0 spiro atoms. The average molecular weight is 574 g/mol. The van der Waals surface area contributed by atoms with E-state index in [1.54, 1.807) is 24.3 Å². The number of rotatable bonds is 9. The van der Waals surface area contributed by atoms with Crippen molar-refractivity contribution in [1.29, 1.82) is 5.26 Å². The molecular weight excluding hydrogens is 551 g/mol. The number of nitrogens with one attached hydrogen (secondary N) is 1. The predicted molar refractivity (Wildman–Crippen MR) is 143 cm³/mol. The fourth-order valence-corrected chi connectivity index (χ4v) is 4.17. The minimum absolute atomic E-state index is 0.0217. The molecule has 0 aromatic heterocycles. The zero-order chi connectivity index (χ0) is 25.4. The van der Waals surface area contributed by atoms with E-state index in [-0.39, 0.29) is 18.2 Å². The van der Waals surface area contributed by atoms with Crippen molar-refractivity contribution < 1.29 is 14.3 Å². The molecule has 180 valence electrons. The molecule has 0 aliphatic carbocycles. The van der Waals surface area contributed by atoms with Gasteiger partial charge in [-0.25, -0.2) is 0 Å². The van der Waals surface area contributed by atoms with Gasteiger partial charge in [-0.15, -0.1) is 0 Å². The summed E-state index contributed by atoms with van der Waals surface area (Å²) in [5.74, 6) is 0.511. The molecule has 1 amide bonds. The highest BCUT2D eigenvalue weighted by atomic mass is 79.9. The van der Waals surface area contributed by atoms with Gasteiger partial charge in [0.2, 0.25) is 0 Å². The first-order valence-corrected chi connectivity index (χ1v) is 12.4. The lowest BCUT2D eigenvalue weighted by Crippen LogP contribution is -2.27. The molecule has 0 fully saturated rings. The highest BCUT2D eigenvalue weighted by molar-refractivity contribution is 9.10. The molecule has 1 atom stereocenters. The van der Waals surface area contributed by atoms with Crippen LogP contribution >= 0.6 is 39.1 Å². The molecule has 0 saturated carbocycles. The molecule has 0 bridgehead atoms. The number of hydrogen-bond donors (Lipinski definition) is 1. The van der Waals surface area contributed by atoms with Gasteiger partial charge in [0, 0.05) is 0 Å². The van der Waals surface area contributed by atoms with E-state index in [0.29, 0.717) is 38.2 Å². The fraction of sp³-hybridized carbons (Fsp3) is 0.185. The first kappa shape index (κ1) is 26.6. The molecule has 0 aliphatic rings. The van der Waals surface area contributed by atoms with Gasteiger partial charge in [-0.2, -0.15) is 5.26 Å². The van der Waals surface area contributed by atoms with E-state index in [1.807, 2.05) is 56.3 Å². The zero-order valence-electron chi connectivity index (χ0n) is 19.1. The van der Waals surface area contributed by atoms with Crippen LogP contribution in [0.1, 0.15) is 36.6 Å². The Morgan fingerprint density at radius 1 is 1.11 bits per heavy atom. The quantitative estimate of drug-likeness (QED) is 0.212. The third kappa shape index (κ3) is 7.25. The Hall–Kier alpha value is -2.98. The number of nitrogens with zero attached hydrogens (tertiary/aromatic N) is 1. The number of ether oxygens (including phenoxy) is 2. The molecule has 3 aromatic carbocycles. The second-order valence-electron chi connectivity index (χ2n) is 7.58. The van der Waals surface area contributed by atoms with Crippen LogP contribution in [-0.2, 0) is 11.4 Å². The lowest BCUT2D eigenvalue weighted by molar-refractivity contribution is -0.117. The van der Waals surface area contributed by atoms with Crippen molar-refractivity contribution in [2.75, 3.05) is 6.61 Å². The molecule has 35 heavy (non-hydrogen) atoms. The van der Waals surface area contributed by atoms with Gasteiger partial charge in [-0.05, 0) is 76.8 Å². The minimum Gasteiger partial charge on any atom is -0.490 e. The summed E-state index contributed by atoms with van der Waals surface area (Å²) in [4.78, 5) is 12.7. The van der Waals surface area contributed by atoms with Gasteiger partial charge in [0.1, 0.15) is 18.2 Å². The van der Waals surface area contributed by atoms with Crippen LogP contribution in [-0.4, -0.2) is 12.5 Å². The van der Waals surface area contributed by atoms with Crippen LogP contribution in [0.3, 0.4) is 0 Å². The highest BCUT2D eigenvalue weighted by Gasteiger charge is 2.16. The number of nitriles is 1. The van der Waals surface area contributed by atoms with E-state index < -0.39 is 5.91 Å². The minimum atomic E-state index is -0.460. The zero-order valence-corrected chi connectivity index (χ0v) is 22.2. The van der Waals surface area contributed by atoms with Gasteiger partial charge in [-0.3, -0.25) is 4.79 Å². The topological polar surface area (TPSA) is 71.3 Å². The maximum absolute atomic E-state index is 12.7. The first-order chi connectivity index (χ1) is 16.8. The number of hydrogen-bond acceptors (Lipinski definition) is 4. The first-order valence-electron chi connectivity index (χ1n) is 10.8. The number of halogens is 3.